The number of halogens is 1. The van der Waals surface area contributed by atoms with Crippen LogP contribution in [0.25, 0.3) is 0 Å². The fraction of sp³-hybridized carbons (Fsp3) is 0.353. The van der Waals surface area contributed by atoms with E-state index in [0.29, 0.717) is 28.0 Å². The summed E-state index contributed by atoms with van der Waals surface area (Å²) in [6, 6.07) is 8.67. The van der Waals surface area contributed by atoms with Crippen LogP contribution in [0.5, 0.6) is 5.75 Å². The normalized spacial score (nSPS) is 14.3. The fourth-order valence-corrected chi connectivity index (χ4v) is 2.86. The number of amides is 1. The first-order valence-corrected chi connectivity index (χ1v) is 8.29. The number of piperidine rings is 1. The molecule has 7 heteroatoms. The van der Waals surface area contributed by atoms with Crippen LogP contribution < -0.4 is 10.1 Å². The van der Waals surface area contributed by atoms with Crippen molar-refractivity contribution in [3.8, 4) is 5.75 Å². The molecule has 1 amide bonds. The van der Waals surface area contributed by atoms with Gasteiger partial charge >= 0.3 is 0 Å². The van der Waals surface area contributed by atoms with Gasteiger partial charge in [0.1, 0.15) is 5.75 Å². The largest absolute Gasteiger partial charge is 0.495 e. The van der Waals surface area contributed by atoms with Gasteiger partial charge in [0, 0.05) is 18.1 Å². The highest BCUT2D eigenvalue weighted by Gasteiger charge is 2.19. The fourth-order valence-electron chi connectivity index (χ4n) is 2.69. The van der Waals surface area contributed by atoms with Crippen LogP contribution >= 0.6 is 11.6 Å². The third-order valence-electron chi connectivity index (χ3n) is 3.95. The summed E-state index contributed by atoms with van der Waals surface area (Å²) in [5, 5.41) is 11.8. The number of rotatable bonds is 4. The molecule has 1 aliphatic heterocycles. The van der Waals surface area contributed by atoms with E-state index in [1.165, 1.54) is 6.42 Å². The number of carbonyl (C=O) groups is 1. The van der Waals surface area contributed by atoms with Gasteiger partial charge in [-0.1, -0.05) is 11.6 Å². The van der Waals surface area contributed by atoms with E-state index in [0.717, 1.165) is 25.9 Å². The van der Waals surface area contributed by atoms with Gasteiger partial charge in [0.05, 0.1) is 12.8 Å². The summed E-state index contributed by atoms with van der Waals surface area (Å²) in [5.41, 5.74) is 1.05. The maximum absolute atomic E-state index is 12.4. The molecule has 6 nitrogen and oxygen atoms in total. The molecular weight excluding hydrogens is 328 g/mol. The number of nitrogens with zero attached hydrogens (tertiary/aromatic N) is 3. The second kappa shape index (κ2) is 7.49. The van der Waals surface area contributed by atoms with Crippen molar-refractivity contribution in [2.24, 2.45) is 0 Å². The number of hydrogen-bond acceptors (Lipinski definition) is 5. The third-order valence-corrected chi connectivity index (χ3v) is 4.19. The van der Waals surface area contributed by atoms with Crippen molar-refractivity contribution < 1.29 is 9.53 Å². The molecular formula is C17H19ClN4O2. The van der Waals surface area contributed by atoms with Gasteiger partial charge in [-0.25, -0.2) is 0 Å². The zero-order chi connectivity index (χ0) is 16.9. The Morgan fingerprint density at radius 2 is 1.96 bits per heavy atom. The molecule has 0 aliphatic carbocycles. The van der Waals surface area contributed by atoms with E-state index >= 15 is 0 Å². The number of aromatic nitrogens is 2. The van der Waals surface area contributed by atoms with Crippen LogP contribution in [0.2, 0.25) is 5.02 Å². The molecule has 0 spiro atoms. The van der Waals surface area contributed by atoms with Crippen molar-refractivity contribution >= 4 is 29.0 Å². The molecule has 1 saturated heterocycles. The smallest absolute Gasteiger partial charge is 0.274 e. The van der Waals surface area contributed by atoms with E-state index in [1.807, 2.05) is 4.90 Å². The molecule has 3 rings (SSSR count). The summed E-state index contributed by atoms with van der Waals surface area (Å²) in [5.74, 6) is 1.11. The van der Waals surface area contributed by atoms with Crippen LogP contribution in [-0.2, 0) is 0 Å². The van der Waals surface area contributed by atoms with Crippen molar-refractivity contribution in [2.75, 3.05) is 25.5 Å². The van der Waals surface area contributed by atoms with Gasteiger partial charge in [0.25, 0.3) is 5.91 Å². The Morgan fingerprint density at radius 1 is 1.17 bits per heavy atom. The zero-order valence-electron chi connectivity index (χ0n) is 13.5. The average molecular weight is 347 g/mol. The predicted octanol–water partition coefficient (Wildman–Crippen LogP) is 3.51. The number of nitrogens with one attached hydrogen (secondary N) is 1. The summed E-state index contributed by atoms with van der Waals surface area (Å²) >= 11 is 6.01. The molecule has 2 heterocycles. The van der Waals surface area contributed by atoms with Crippen LogP contribution in [-0.4, -0.2) is 41.2 Å². The molecule has 2 aromatic rings. The van der Waals surface area contributed by atoms with Crippen molar-refractivity contribution in [2.45, 2.75) is 19.3 Å². The van der Waals surface area contributed by atoms with Crippen LogP contribution in [0.15, 0.2) is 30.3 Å². The Labute approximate surface area is 145 Å². The minimum atomic E-state index is -0.0610. The lowest BCUT2D eigenvalue weighted by atomic mass is 10.1. The van der Waals surface area contributed by atoms with Crippen LogP contribution in [0, 0.1) is 0 Å². The van der Waals surface area contributed by atoms with Crippen molar-refractivity contribution in [3.05, 3.63) is 41.0 Å². The zero-order valence-corrected chi connectivity index (χ0v) is 14.2. The maximum atomic E-state index is 12.4. The monoisotopic (exact) mass is 346 g/mol. The van der Waals surface area contributed by atoms with Gasteiger partial charge in [-0.2, -0.15) is 0 Å². The van der Waals surface area contributed by atoms with Crippen LogP contribution in [0.4, 0.5) is 11.5 Å². The minimum absolute atomic E-state index is 0.0610. The standard InChI is InChI=1S/C17H19ClN4O2/c1-24-15-7-5-12(18)11-14(15)19-16-8-6-13(20-21-16)17(23)22-9-3-2-4-10-22/h5-8,11H,2-4,9-10H2,1H3,(H,19,21). The highest BCUT2D eigenvalue weighted by Crippen LogP contribution is 2.29. The van der Waals surface area contributed by atoms with Crippen LogP contribution in [0.3, 0.4) is 0 Å². The molecule has 1 N–H and O–H groups in total. The Hall–Kier alpha value is -2.34. The predicted molar refractivity (Wildman–Crippen MR) is 93.1 cm³/mol. The SMILES string of the molecule is COc1ccc(Cl)cc1Nc1ccc(C(=O)N2CCCCC2)nn1. The lowest BCUT2D eigenvalue weighted by Gasteiger charge is -2.26. The minimum Gasteiger partial charge on any atom is -0.495 e. The van der Waals surface area contributed by atoms with Gasteiger partial charge in [-0.15, -0.1) is 10.2 Å². The van der Waals surface area contributed by atoms with Crippen molar-refractivity contribution in [1.29, 1.82) is 0 Å². The van der Waals surface area contributed by atoms with E-state index in [-0.39, 0.29) is 5.91 Å². The highest BCUT2D eigenvalue weighted by atomic mass is 35.5. The van der Waals surface area contributed by atoms with Gasteiger partial charge < -0.3 is 15.0 Å². The molecule has 1 aromatic heterocycles. The van der Waals surface area contributed by atoms with Crippen molar-refractivity contribution in [1.82, 2.24) is 15.1 Å². The second-order valence-electron chi connectivity index (χ2n) is 5.63. The Morgan fingerprint density at radius 3 is 2.62 bits per heavy atom. The maximum Gasteiger partial charge on any atom is 0.274 e. The number of carbonyl (C=O) groups excluding carboxylic acids is 1. The number of likely N-dealkylation sites (tertiary alicyclic amines) is 1. The molecule has 0 bridgehead atoms. The van der Waals surface area contributed by atoms with Gasteiger partial charge in [0.2, 0.25) is 0 Å². The molecule has 1 aliphatic rings. The summed E-state index contributed by atoms with van der Waals surface area (Å²) in [6.07, 6.45) is 3.28. The van der Waals surface area contributed by atoms with Gasteiger partial charge in [0.15, 0.2) is 11.5 Å². The van der Waals surface area contributed by atoms with E-state index in [4.69, 9.17) is 16.3 Å². The van der Waals surface area contributed by atoms with Crippen LogP contribution in [0.1, 0.15) is 29.8 Å². The van der Waals surface area contributed by atoms with E-state index in [9.17, 15) is 4.79 Å². The highest BCUT2D eigenvalue weighted by molar-refractivity contribution is 6.31. The number of benzene rings is 1. The quantitative estimate of drug-likeness (QED) is 0.917. The summed E-state index contributed by atoms with van der Waals surface area (Å²) < 4.78 is 5.28. The van der Waals surface area contributed by atoms with Crippen molar-refractivity contribution in [3.63, 3.8) is 0 Å². The Kier molecular flexibility index (Phi) is 5.15. The third kappa shape index (κ3) is 3.76. The molecule has 0 unspecified atom stereocenters. The first-order valence-electron chi connectivity index (χ1n) is 7.91. The Balaban J connectivity index is 1.73. The molecule has 24 heavy (non-hydrogen) atoms. The first-order chi connectivity index (χ1) is 11.7. The molecule has 0 saturated carbocycles. The molecule has 1 aromatic carbocycles. The number of ether oxygens (including phenoxy) is 1. The number of anilines is 2. The average Bonchev–Trinajstić information content (AvgIpc) is 2.63. The topological polar surface area (TPSA) is 67.3 Å². The number of hydrogen-bond donors (Lipinski definition) is 1. The van der Waals surface area contributed by atoms with E-state index < -0.39 is 0 Å². The molecule has 0 radical (unpaired) electrons. The summed E-state index contributed by atoms with van der Waals surface area (Å²) in [6.45, 7) is 1.58. The Bertz CT molecular complexity index is 715. The van der Waals surface area contributed by atoms with Gasteiger partial charge in [-0.3, -0.25) is 4.79 Å². The second-order valence-corrected chi connectivity index (χ2v) is 6.06. The molecule has 126 valence electrons. The lowest BCUT2D eigenvalue weighted by Crippen LogP contribution is -2.36. The molecule has 1 fully saturated rings. The summed E-state index contributed by atoms with van der Waals surface area (Å²) in [7, 11) is 1.58. The van der Waals surface area contributed by atoms with E-state index in [2.05, 4.69) is 15.5 Å². The molecule has 0 atom stereocenters. The number of methoxy groups -OCH3 is 1. The van der Waals surface area contributed by atoms with Gasteiger partial charge in [-0.05, 0) is 49.6 Å². The summed E-state index contributed by atoms with van der Waals surface area (Å²) in [4.78, 5) is 14.2. The first kappa shape index (κ1) is 16.5. The van der Waals surface area contributed by atoms with E-state index in [1.54, 1.807) is 37.4 Å². The lowest BCUT2D eigenvalue weighted by molar-refractivity contribution is 0.0717.